The Labute approximate surface area is 175 Å². The second kappa shape index (κ2) is 9.70. The van der Waals surface area contributed by atoms with Gasteiger partial charge in [0.05, 0.1) is 17.6 Å². The zero-order valence-corrected chi connectivity index (χ0v) is 16.8. The number of aliphatic imine (C=N–C) groups is 1. The number of thiophene rings is 1. The molecule has 2 amide bonds. The van der Waals surface area contributed by atoms with Gasteiger partial charge in [0.1, 0.15) is 5.69 Å². The lowest BCUT2D eigenvalue weighted by atomic mass is 9.93. The van der Waals surface area contributed by atoms with Gasteiger partial charge in [-0.2, -0.15) is 0 Å². The summed E-state index contributed by atoms with van der Waals surface area (Å²) < 4.78 is 4.54. The van der Waals surface area contributed by atoms with Gasteiger partial charge in [0.2, 0.25) is 0 Å². The first-order valence-electron chi connectivity index (χ1n) is 8.92. The number of Topliss-reactive ketones (excluding diaryl/α,β-unsaturated/α-hetero) is 1. The molecule has 154 valence electrons. The molecule has 30 heavy (non-hydrogen) atoms. The molecule has 0 radical (unpaired) electrons. The van der Waals surface area contributed by atoms with Gasteiger partial charge in [0.25, 0.3) is 11.8 Å². The minimum atomic E-state index is -0.618. The lowest BCUT2D eigenvalue weighted by Gasteiger charge is -2.17. The number of carbonyl (C=O) groups excluding carboxylic acids is 4. The zero-order valence-electron chi connectivity index (χ0n) is 16.0. The van der Waals surface area contributed by atoms with Crippen molar-refractivity contribution in [2.45, 2.75) is 12.8 Å². The molecule has 2 N–H and O–H groups in total. The van der Waals surface area contributed by atoms with E-state index in [2.05, 4.69) is 25.6 Å². The van der Waals surface area contributed by atoms with E-state index in [0.717, 1.165) is 0 Å². The normalized spacial score (nSPS) is 15.1. The van der Waals surface area contributed by atoms with E-state index in [1.165, 1.54) is 43.0 Å². The van der Waals surface area contributed by atoms with E-state index < -0.39 is 17.8 Å². The number of amides is 2. The summed E-state index contributed by atoms with van der Waals surface area (Å²) in [4.78, 5) is 56.7. The van der Waals surface area contributed by atoms with Crippen molar-refractivity contribution >= 4 is 41.1 Å². The summed E-state index contributed by atoms with van der Waals surface area (Å²) in [5.74, 6) is -1.94. The van der Waals surface area contributed by atoms with Gasteiger partial charge < -0.3 is 4.74 Å². The maximum Gasteiger partial charge on any atom is 0.356 e. The van der Waals surface area contributed by atoms with Crippen LogP contribution in [-0.2, 0) is 9.53 Å². The van der Waals surface area contributed by atoms with Gasteiger partial charge in [0.15, 0.2) is 5.78 Å². The number of nitrogens with zero attached hydrogens (tertiary/aromatic N) is 2. The topological polar surface area (TPSA) is 127 Å². The average Bonchev–Trinajstić information content (AvgIpc) is 3.32. The highest BCUT2D eigenvalue weighted by Gasteiger charge is 2.22. The van der Waals surface area contributed by atoms with Crippen molar-refractivity contribution in [3.8, 4) is 0 Å². The third kappa shape index (κ3) is 5.23. The van der Waals surface area contributed by atoms with Crippen molar-refractivity contribution in [2.75, 3.05) is 7.11 Å². The van der Waals surface area contributed by atoms with Crippen LogP contribution in [0, 0.1) is 5.92 Å². The van der Waals surface area contributed by atoms with Crippen LogP contribution < -0.4 is 10.9 Å². The number of esters is 1. The van der Waals surface area contributed by atoms with Crippen LogP contribution in [0.15, 0.2) is 52.6 Å². The van der Waals surface area contributed by atoms with Crippen LogP contribution in [0.4, 0.5) is 0 Å². The molecule has 1 aliphatic rings. The highest BCUT2D eigenvalue weighted by atomic mass is 32.1. The Balaban J connectivity index is 1.51. The largest absolute Gasteiger partial charge is 0.464 e. The molecule has 1 atom stereocenters. The fourth-order valence-electron chi connectivity index (χ4n) is 2.71. The molecule has 3 heterocycles. The summed E-state index contributed by atoms with van der Waals surface area (Å²) in [6.07, 6.45) is 4.83. The number of hydrazine groups is 1. The SMILES string of the molecule is COC(=O)c1ccc(C(=O)NNC(=O)C2=CN=CC(CC(=O)c3cccs3)C2)cn1. The summed E-state index contributed by atoms with van der Waals surface area (Å²) in [5.41, 5.74) is 5.16. The molecule has 0 aromatic carbocycles. The number of hydrogen-bond donors (Lipinski definition) is 2. The van der Waals surface area contributed by atoms with Gasteiger partial charge in [0, 0.05) is 36.5 Å². The van der Waals surface area contributed by atoms with Crippen molar-refractivity contribution in [3.05, 3.63) is 63.7 Å². The number of pyridine rings is 1. The second-order valence-corrected chi connectivity index (χ2v) is 7.30. The number of carbonyl (C=O) groups is 4. The van der Waals surface area contributed by atoms with Crippen molar-refractivity contribution in [2.24, 2.45) is 10.9 Å². The molecule has 0 saturated heterocycles. The molecule has 1 unspecified atom stereocenters. The fourth-order valence-corrected chi connectivity index (χ4v) is 3.39. The number of hydrogen-bond acceptors (Lipinski definition) is 8. The van der Waals surface area contributed by atoms with Gasteiger partial charge in [-0.1, -0.05) is 6.07 Å². The van der Waals surface area contributed by atoms with Crippen molar-refractivity contribution in [1.82, 2.24) is 15.8 Å². The summed E-state index contributed by atoms with van der Waals surface area (Å²) in [5, 5.41) is 1.84. The summed E-state index contributed by atoms with van der Waals surface area (Å²) in [7, 11) is 1.23. The van der Waals surface area contributed by atoms with E-state index in [1.54, 1.807) is 12.3 Å². The Morgan fingerprint density at radius 1 is 1.17 bits per heavy atom. The van der Waals surface area contributed by atoms with Crippen LogP contribution in [0.1, 0.15) is 43.4 Å². The third-order valence-corrected chi connectivity index (χ3v) is 5.17. The lowest BCUT2D eigenvalue weighted by molar-refractivity contribution is -0.118. The third-order valence-electron chi connectivity index (χ3n) is 4.25. The smallest absolute Gasteiger partial charge is 0.356 e. The Bertz CT molecular complexity index is 1010. The van der Waals surface area contributed by atoms with Crippen molar-refractivity contribution < 1.29 is 23.9 Å². The minimum absolute atomic E-state index is 0.000637. The molecule has 3 rings (SSSR count). The number of rotatable bonds is 6. The molecule has 0 bridgehead atoms. The lowest BCUT2D eigenvalue weighted by Crippen LogP contribution is -2.42. The first-order chi connectivity index (χ1) is 14.5. The summed E-state index contributed by atoms with van der Waals surface area (Å²) >= 11 is 1.37. The monoisotopic (exact) mass is 426 g/mol. The number of nitrogens with one attached hydrogen (secondary N) is 2. The predicted octanol–water partition coefficient (Wildman–Crippen LogP) is 1.94. The van der Waals surface area contributed by atoms with Gasteiger partial charge in [-0.3, -0.25) is 30.2 Å². The highest BCUT2D eigenvalue weighted by molar-refractivity contribution is 7.12. The van der Waals surface area contributed by atoms with E-state index in [-0.39, 0.29) is 29.4 Å². The molecule has 2 aromatic rings. The standard InChI is InChI=1S/C20H18N4O5S/c1-29-20(28)15-5-4-13(11-22-15)18(26)23-24-19(27)14-7-12(9-21-10-14)8-16(25)17-3-2-6-30-17/h2-6,9-12H,7-8H2,1H3,(H,23,26)(H,24,27). The molecule has 0 saturated carbocycles. The summed E-state index contributed by atoms with van der Waals surface area (Å²) in [6.45, 7) is 0. The molecular formula is C20H18N4O5S. The van der Waals surface area contributed by atoms with Gasteiger partial charge in [-0.05, 0) is 30.0 Å². The second-order valence-electron chi connectivity index (χ2n) is 6.35. The van der Waals surface area contributed by atoms with Crippen LogP contribution in [0.25, 0.3) is 0 Å². The Morgan fingerprint density at radius 2 is 1.97 bits per heavy atom. The average molecular weight is 426 g/mol. The Morgan fingerprint density at radius 3 is 2.63 bits per heavy atom. The van der Waals surface area contributed by atoms with Crippen LogP contribution in [0.3, 0.4) is 0 Å². The van der Waals surface area contributed by atoms with Gasteiger partial charge >= 0.3 is 5.97 Å². The maximum atomic E-state index is 12.3. The molecule has 0 aliphatic carbocycles. The van der Waals surface area contributed by atoms with E-state index in [1.807, 2.05) is 11.4 Å². The number of ether oxygens (including phenoxy) is 1. The Kier molecular flexibility index (Phi) is 6.81. The molecule has 0 fully saturated rings. The summed E-state index contributed by atoms with van der Waals surface area (Å²) in [6, 6.07) is 6.30. The van der Waals surface area contributed by atoms with E-state index in [9.17, 15) is 19.2 Å². The van der Waals surface area contributed by atoms with Crippen LogP contribution >= 0.6 is 11.3 Å². The molecular weight excluding hydrogens is 408 g/mol. The zero-order chi connectivity index (χ0) is 21.5. The van der Waals surface area contributed by atoms with Gasteiger partial charge in [-0.15, -0.1) is 11.3 Å². The first-order valence-corrected chi connectivity index (χ1v) is 9.80. The highest BCUT2D eigenvalue weighted by Crippen LogP contribution is 2.22. The maximum absolute atomic E-state index is 12.3. The molecule has 10 heteroatoms. The Hall–Kier alpha value is -3.66. The van der Waals surface area contributed by atoms with Crippen LogP contribution in [0.2, 0.25) is 0 Å². The van der Waals surface area contributed by atoms with Crippen molar-refractivity contribution in [1.29, 1.82) is 0 Å². The molecule has 9 nitrogen and oxygen atoms in total. The molecule has 1 aliphatic heterocycles. The first kappa shape index (κ1) is 21.1. The van der Waals surface area contributed by atoms with Crippen LogP contribution in [0.5, 0.6) is 0 Å². The number of methoxy groups -OCH3 is 1. The fraction of sp³-hybridized carbons (Fsp3) is 0.200. The minimum Gasteiger partial charge on any atom is -0.464 e. The van der Waals surface area contributed by atoms with Crippen LogP contribution in [-0.4, -0.2) is 41.9 Å². The van der Waals surface area contributed by atoms with E-state index in [4.69, 9.17) is 0 Å². The number of aromatic nitrogens is 1. The molecule has 2 aromatic heterocycles. The van der Waals surface area contributed by atoms with Gasteiger partial charge in [-0.25, -0.2) is 9.78 Å². The van der Waals surface area contributed by atoms with E-state index in [0.29, 0.717) is 16.9 Å². The number of ketones is 1. The van der Waals surface area contributed by atoms with Crippen molar-refractivity contribution in [3.63, 3.8) is 0 Å². The quantitative estimate of drug-likeness (QED) is 0.413. The molecule has 0 spiro atoms. The van der Waals surface area contributed by atoms with E-state index >= 15 is 0 Å². The predicted molar refractivity (Wildman–Crippen MR) is 109 cm³/mol.